The number of hydroxylamine groups is 1. The molecule has 4 N–H and O–H groups in total. The first-order valence-electron chi connectivity index (χ1n) is 7.71. The van der Waals surface area contributed by atoms with Gasteiger partial charge in [-0.2, -0.15) is 0 Å². The van der Waals surface area contributed by atoms with Crippen LogP contribution in [0.1, 0.15) is 55.0 Å². The number of furan rings is 1. The quantitative estimate of drug-likeness (QED) is 0.469. The molecule has 1 aromatic heterocycles. The largest absolute Gasteiger partial charge is 0.454 e. The lowest BCUT2D eigenvalue weighted by atomic mass is 9.96. The highest BCUT2D eigenvalue weighted by Gasteiger charge is 2.25. The van der Waals surface area contributed by atoms with Crippen LogP contribution in [0, 0.1) is 5.92 Å². The third kappa shape index (κ3) is 4.08. The average Bonchev–Trinajstić information content (AvgIpc) is 3.04. The second-order valence-corrected chi connectivity index (χ2v) is 5.52. The molecule has 2 heterocycles. The molecule has 1 atom stereocenters. The Morgan fingerprint density at radius 2 is 2.14 bits per heavy atom. The molecular formula is C15H23N3O4. The lowest BCUT2D eigenvalue weighted by molar-refractivity contribution is -0.126. The van der Waals surface area contributed by atoms with Crippen LogP contribution in [0.3, 0.4) is 0 Å². The third-order valence-electron chi connectivity index (χ3n) is 3.90. The summed E-state index contributed by atoms with van der Waals surface area (Å²) in [4.78, 5) is 23.7. The van der Waals surface area contributed by atoms with E-state index in [0.717, 1.165) is 38.8 Å². The molecule has 0 spiro atoms. The van der Waals surface area contributed by atoms with Gasteiger partial charge in [-0.25, -0.2) is 5.48 Å². The SMILES string of the molecule is CCCC(NC(=O)C1CCNCC1)c1ccc(C(=O)NO)o1. The summed E-state index contributed by atoms with van der Waals surface area (Å²) in [5, 5.41) is 14.9. The van der Waals surface area contributed by atoms with E-state index in [0.29, 0.717) is 5.76 Å². The smallest absolute Gasteiger partial charge is 0.310 e. The van der Waals surface area contributed by atoms with Gasteiger partial charge in [-0.05, 0) is 44.5 Å². The zero-order valence-electron chi connectivity index (χ0n) is 12.7. The minimum absolute atomic E-state index is 0.0229. The Kier molecular flexibility index (Phi) is 5.97. The third-order valence-corrected chi connectivity index (χ3v) is 3.90. The Balaban J connectivity index is 2.03. The highest BCUT2D eigenvalue weighted by molar-refractivity contribution is 5.90. The number of hydrogen-bond donors (Lipinski definition) is 4. The molecule has 2 amide bonds. The minimum atomic E-state index is -0.703. The summed E-state index contributed by atoms with van der Waals surface area (Å²) < 4.78 is 5.44. The Hall–Kier alpha value is -1.86. The van der Waals surface area contributed by atoms with Crippen molar-refractivity contribution in [2.45, 2.75) is 38.6 Å². The van der Waals surface area contributed by atoms with Gasteiger partial charge in [-0.3, -0.25) is 14.8 Å². The summed E-state index contributed by atoms with van der Waals surface area (Å²) in [5.41, 5.74) is 1.53. The fourth-order valence-corrected chi connectivity index (χ4v) is 2.67. The highest BCUT2D eigenvalue weighted by Crippen LogP contribution is 2.23. The van der Waals surface area contributed by atoms with Crippen molar-refractivity contribution in [1.82, 2.24) is 16.1 Å². The van der Waals surface area contributed by atoms with E-state index in [-0.39, 0.29) is 23.6 Å². The minimum Gasteiger partial charge on any atom is -0.454 e. The van der Waals surface area contributed by atoms with Crippen LogP contribution in [0.25, 0.3) is 0 Å². The van der Waals surface area contributed by atoms with Crippen LogP contribution in [0.5, 0.6) is 0 Å². The van der Waals surface area contributed by atoms with E-state index < -0.39 is 5.91 Å². The van der Waals surface area contributed by atoms with E-state index in [1.807, 2.05) is 6.92 Å². The maximum absolute atomic E-state index is 12.4. The molecule has 1 saturated heterocycles. The number of nitrogens with one attached hydrogen (secondary N) is 3. The van der Waals surface area contributed by atoms with Gasteiger partial charge >= 0.3 is 5.91 Å². The van der Waals surface area contributed by atoms with Gasteiger partial charge in [0.05, 0.1) is 6.04 Å². The van der Waals surface area contributed by atoms with E-state index in [4.69, 9.17) is 9.62 Å². The summed E-state index contributed by atoms with van der Waals surface area (Å²) in [5.74, 6) is -0.0936. The molecule has 1 unspecified atom stereocenters. The van der Waals surface area contributed by atoms with E-state index in [1.165, 1.54) is 11.5 Å². The van der Waals surface area contributed by atoms with Crippen molar-refractivity contribution in [2.75, 3.05) is 13.1 Å². The summed E-state index contributed by atoms with van der Waals surface area (Å²) >= 11 is 0. The topological polar surface area (TPSA) is 104 Å². The van der Waals surface area contributed by atoms with Crippen molar-refractivity contribution in [3.05, 3.63) is 23.7 Å². The second-order valence-electron chi connectivity index (χ2n) is 5.52. The van der Waals surface area contributed by atoms with Gasteiger partial charge in [-0.15, -0.1) is 0 Å². The summed E-state index contributed by atoms with van der Waals surface area (Å²) in [6, 6.07) is 2.89. The fourth-order valence-electron chi connectivity index (χ4n) is 2.67. The molecule has 0 radical (unpaired) electrons. The van der Waals surface area contributed by atoms with Gasteiger partial charge in [0, 0.05) is 5.92 Å². The predicted octanol–water partition coefficient (Wildman–Crippen LogP) is 1.36. The molecule has 7 nitrogen and oxygen atoms in total. The van der Waals surface area contributed by atoms with Crippen LogP contribution in [0.2, 0.25) is 0 Å². The van der Waals surface area contributed by atoms with Crippen molar-refractivity contribution in [2.24, 2.45) is 5.92 Å². The Morgan fingerprint density at radius 1 is 1.41 bits per heavy atom. The lowest BCUT2D eigenvalue weighted by Gasteiger charge is -2.24. The predicted molar refractivity (Wildman–Crippen MR) is 79.3 cm³/mol. The average molecular weight is 309 g/mol. The molecule has 1 fully saturated rings. The van der Waals surface area contributed by atoms with Crippen molar-refractivity contribution >= 4 is 11.8 Å². The van der Waals surface area contributed by atoms with Crippen LogP contribution in [-0.4, -0.2) is 30.1 Å². The zero-order chi connectivity index (χ0) is 15.9. The van der Waals surface area contributed by atoms with Crippen LogP contribution in [0.4, 0.5) is 0 Å². The summed E-state index contributed by atoms with van der Waals surface area (Å²) in [7, 11) is 0. The fraction of sp³-hybridized carbons (Fsp3) is 0.600. The van der Waals surface area contributed by atoms with Crippen molar-refractivity contribution < 1.29 is 19.2 Å². The number of rotatable bonds is 6. The Morgan fingerprint density at radius 3 is 2.77 bits per heavy atom. The van der Waals surface area contributed by atoms with Gasteiger partial charge in [0.1, 0.15) is 5.76 Å². The number of hydrogen-bond acceptors (Lipinski definition) is 5. The van der Waals surface area contributed by atoms with E-state index in [1.54, 1.807) is 6.07 Å². The second kappa shape index (κ2) is 7.95. The summed E-state index contributed by atoms with van der Waals surface area (Å²) in [6.45, 7) is 3.74. The molecule has 1 aliphatic rings. The lowest BCUT2D eigenvalue weighted by Crippen LogP contribution is -2.39. The number of piperidine rings is 1. The van der Waals surface area contributed by atoms with E-state index in [9.17, 15) is 9.59 Å². The molecule has 2 rings (SSSR count). The zero-order valence-corrected chi connectivity index (χ0v) is 12.7. The van der Waals surface area contributed by atoms with Gasteiger partial charge < -0.3 is 15.1 Å². The molecule has 1 aromatic rings. The standard InChI is InChI=1S/C15H23N3O4/c1-2-3-11(12-4-5-13(22-12)15(20)18-21)17-14(19)10-6-8-16-9-7-10/h4-5,10-11,16,21H,2-3,6-9H2,1H3,(H,17,19)(H,18,20). The van der Waals surface area contributed by atoms with Gasteiger partial charge in [-0.1, -0.05) is 13.3 Å². The first-order valence-corrected chi connectivity index (χ1v) is 7.71. The maximum Gasteiger partial charge on any atom is 0.310 e. The number of amides is 2. The van der Waals surface area contributed by atoms with Crippen molar-refractivity contribution in [1.29, 1.82) is 0 Å². The molecule has 0 saturated carbocycles. The van der Waals surface area contributed by atoms with Crippen molar-refractivity contribution in [3.63, 3.8) is 0 Å². The molecule has 7 heteroatoms. The number of carbonyl (C=O) groups is 2. The molecule has 0 aromatic carbocycles. The van der Waals surface area contributed by atoms with Gasteiger partial charge in [0.15, 0.2) is 5.76 Å². The highest BCUT2D eigenvalue weighted by atomic mass is 16.5. The maximum atomic E-state index is 12.4. The molecule has 22 heavy (non-hydrogen) atoms. The number of carbonyl (C=O) groups excluding carboxylic acids is 2. The van der Waals surface area contributed by atoms with Crippen LogP contribution in [0.15, 0.2) is 16.5 Å². The first-order chi connectivity index (χ1) is 10.7. The molecule has 0 bridgehead atoms. The van der Waals surface area contributed by atoms with E-state index >= 15 is 0 Å². The van der Waals surface area contributed by atoms with E-state index in [2.05, 4.69) is 10.6 Å². The molecule has 1 aliphatic heterocycles. The Bertz CT molecular complexity index is 509. The monoisotopic (exact) mass is 309 g/mol. The molecule has 0 aliphatic carbocycles. The molecule has 122 valence electrons. The van der Waals surface area contributed by atoms with Crippen LogP contribution >= 0.6 is 0 Å². The van der Waals surface area contributed by atoms with Gasteiger partial charge in [0.2, 0.25) is 5.91 Å². The Labute approximate surface area is 129 Å². The summed E-state index contributed by atoms with van der Waals surface area (Å²) in [6.07, 6.45) is 3.27. The normalized spacial score (nSPS) is 17.0. The van der Waals surface area contributed by atoms with Crippen LogP contribution < -0.4 is 16.1 Å². The first kappa shape index (κ1) is 16.5. The van der Waals surface area contributed by atoms with Gasteiger partial charge in [0.25, 0.3) is 0 Å². The van der Waals surface area contributed by atoms with Crippen LogP contribution in [-0.2, 0) is 4.79 Å². The molecular weight excluding hydrogens is 286 g/mol. The van der Waals surface area contributed by atoms with Crippen molar-refractivity contribution in [3.8, 4) is 0 Å².